The molecule has 1 atom stereocenters. The Kier molecular flexibility index (Phi) is 1.58. The molecular weight excluding hydrogens is 164 g/mol. The first-order valence-corrected chi connectivity index (χ1v) is 4.67. The van der Waals surface area contributed by atoms with Crippen molar-refractivity contribution in [2.75, 3.05) is 0 Å². The van der Waals surface area contributed by atoms with Gasteiger partial charge in [0.25, 0.3) is 0 Å². The van der Waals surface area contributed by atoms with Gasteiger partial charge in [0.05, 0.1) is 11.8 Å². The third-order valence-electron chi connectivity index (χ3n) is 3.44. The largest absolute Gasteiger partial charge is 0.385 e. The van der Waals surface area contributed by atoms with Gasteiger partial charge in [0.2, 0.25) is 0 Å². The number of aliphatic hydroxyl groups is 1. The molecule has 1 aromatic heterocycles. The van der Waals surface area contributed by atoms with Crippen molar-refractivity contribution >= 4 is 0 Å². The van der Waals surface area contributed by atoms with E-state index in [9.17, 15) is 5.11 Å². The topological polar surface area (TPSA) is 38.0 Å². The van der Waals surface area contributed by atoms with Crippen molar-refractivity contribution in [1.29, 1.82) is 0 Å². The van der Waals surface area contributed by atoms with E-state index in [1.165, 1.54) is 0 Å². The number of aromatic nitrogens is 2. The first-order valence-electron chi connectivity index (χ1n) is 4.67. The molecule has 0 spiro atoms. The van der Waals surface area contributed by atoms with E-state index in [4.69, 9.17) is 0 Å². The molecule has 1 fully saturated rings. The fourth-order valence-electron chi connectivity index (χ4n) is 1.70. The van der Waals surface area contributed by atoms with Crippen LogP contribution >= 0.6 is 0 Å². The molecule has 0 aromatic carbocycles. The average Bonchev–Trinajstić information content (AvgIpc) is 2.63. The highest BCUT2D eigenvalue weighted by molar-refractivity contribution is 5.21. The quantitative estimate of drug-likeness (QED) is 0.747. The van der Waals surface area contributed by atoms with Crippen LogP contribution in [0.25, 0.3) is 0 Å². The van der Waals surface area contributed by atoms with Gasteiger partial charge < -0.3 is 5.11 Å². The van der Waals surface area contributed by atoms with Gasteiger partial charge in [-0.25, -0.2) is 0 Å². The second-order valence-electron chi connectivity index (χ2n) is 4.54. The number of aryl methyl sites for hydroxylation is 1. The number of nitrogens with zero attached hydrogens (tertiary/aromatic N) is 2. The van der Waals surface area contributed by atoms with Crippen LogP contribution in [0.2, 0.25) is 0 Å². The number of hydrogen-bond acceptors (Lipinski definition) is 2. The monoisotopic (exact) mass is 180 g/mol. The zero-order chi connectivity index (χ0) is 9.69. The van der Waals surface area contributed by atoms with Crippen LogP contribution in [0.15, 0.2) is 12.4 Å². The average molecular weight is 180 g/mol. The highest BCUT2D eigenvalue weighted by Gasteiger charge is 2.53. The maximum Gasteiger partial charge on any atom is 0.0952 e. The van der Waals surface area contributed by atoms with Gasteiger partial charge in [-0.05, 0) is 19.8 Å². The molecule has 1 aliphatic rings. The molecule has 72 valence electrons. The summed E-state index contributed by atoms with van der Waals surface area (Å²) in [7, 11) is 1.87. The summed E-state index contributed by atoms with van der Waals surface area (Å²) in [6.45, 7) is 4.01. The van der Waals surface area contributed by atoms with E-state index in [0.29, 0.717) is 0 Å². The van der Waals surface area contributed by atoms with Crippen LogP contribution in [0.3, 0.4) is 0 Å². The lowest BCUT2D eigenvalue weighted by atomic mass is 9.83. The van der Waals surface area contributed by atoms with Crippen LogP contribution in [0.4, 0.5) is 0 Å². The Bertz CT molecular complexity index is 323. The van der Waals surface area contributed by atoms with E-state index >= 15 is 0 Å². The summed E-state index contributed by atoms with van der Waals surface area (Å²) in [4.78, 5) is 0. The van der Waals surface area contributed by atoms with Gasteiger partial charge in [0.15, 0.2) is 0 Å². The van der Waals surface area contributed by atoms with Gasteiger partial charge in [-0.2, -0.15) is 5.10 Å². The summed E-state index contributed by atoms with van der Waals surface area (Å²) in [5, 5.41) is 14.4. The molecule has 1 aliphatic carbocycles. The molecule has 0 bridgehead atoms. The summed E-state index contributed by atoms with van der Waals surface area (Å²) in [6.07, 6.45) is 5.86. The Hall–Kier alpha value is -0.830. The van der Waals surface area contributed by atoms with Crippen molar-refractivity contribution in [3.63, 3.8) is 0 Å². The Balaban J connectivity index is 2.34. The molecular formula is C10H16N2O. The van der Waals surface area contributed by atoms with Crippen LogP contribution in [0.1, 0.15) is 32.3 Å². The predicted molar refractivity (Wildman–Crippen MR) is 50.1 cm³/mol. The van der Waals surface area contributed by atoms with Gasteiger partial charge in [0.1, 0.15) is 0 Å². The minimum absolute atomic E-state index is 0.0655. The molecule has 1 saturated carbocycles. The third-order valence-corrected chi connectivity index (χ3v) is 3.44. The minimum atomic E-state index is -0.721. The van der Waals surface area contributed by atoms with Gasteiger partial charge in [-0.15, -0.1) is 0 Å². The van der Waals surface area contributed by atoms with Gasteiger partial charge in [-0.1, -0.05) is 6.92 Å². The first-order chi connectivity index (χ1) is 5.96. The molecule has 1 unspecified atom stereocenters. The zero-order valence-corrected chi connectivity index (χ0v) is 8.41. The lowest BCUT2D eigenvalue weighted by Crippen LogP contribution is -2.30. The highest BCUT2D eigenvalue weighted by Crippen LogP contribution is 2.57. The molecule has 3 nitrogen and oxygen atoms in total. The second-order valence-corrected chi connectivity index (χ2v) is 4.54. The van der Waals surface area contributed by atoms with E-state index in [2.05, 4.69) is 12.0 Å². The van der Waals surface area contributed by atoms with E-state index in [1.807, 2.05) is 20.2 Å². The van der Waals surface area contributed by atoms with Crippen LogP contribution in [0, 0.1) is 5.41 Å². The number of rotatable bonds is 2. The minimum Gasteiger partial charge on any atom is -0.385 e. The fraction of sp³-hybridized carbons (Fsp3) is 0.700. The van der Waals surface area contributed by atoms with Gasteiger partial charge in [0, 0.05) is 24.2 Å². The molecule has 0 amide bonds. The Morgan fingerprint density at radius 2 is 2.23 bits per heavy atom. The SMILES string of the molecule is Cn1cc(C(C)(O)C2(C)CC2)cn1. The lowest BCUT2D eigenvalue weighted by molar-refractivity contribution is -0.0127. The Morgan fingerprint density at radius 1 is 1.62 bits per heavy atom. The van der Waals surface area contributed by atoms with Crippen LogP contribution in [-0.2, 0) is 12.6 Å². The smallest absolute Gasteiger partial charge is 0.0952 e. The molecule has 3 heteroatoms. The highest BCUT2D eigenvalue weighted by atomic mass is 16.3. The van der Waals surface area contributed by atoms with E-state index < -0.39 is 5.60 Å². The molecule has 0 saturated heterocycles. The summed E-state index contributed by atoms with van der Waals surface area (Å²) in [5.41, 5.74) is 0.270. The third kappa shape index (κ3) is 1.18. The Labute approximate surface area is 78.4 Å². The normalized spacial score (nSPS) is 24.0. The number of hydrogen-bond donors (Lipinski definition) is 1. The summed E-state index contributed by atoms with van der Waals surface area (Å²) < 4.78 is 1.73. The molecule has 13 heavy (non-hydrogen) atoms. The summed E-state index contributed by atoms with van der Waals surface area (Å²) in [6, 6.07) is 0. The fourth-order valence-corrected chi connectivity index (χ4v) is 1.70. The Morgan fingerprint density at radius 3 is 2.62 bits per heavy atom. The summed E-state index contributed by atoms with van der Waals surface area (Å²) >= 11 is 0. The molecule has 1 heterocycles. The van der Waals surface area contributed by atoms with Crippen LogP contribution < -0.4 is 0 Å². The van der Waals surface area contributed by atoms with E-state index in [0.717, 1.165) is 18.4 Å². The van der Waals surface area contributed by atoms with Crippen molar-refractivity contribution in [3.05, 3.63) is 18.0 Å². The van der Waals surface area contributed by atoms with Gasteiger partial charge >= 0.3 is 0 Å². The molecule has 0 aliphatic heterocycles. The second kappa shape index (κ2) is 2.35. The van der Waals surface area contributed by atoms with Crippen molar-refractivity contribution in [1.82, 2.24) is 9.78 Å². The van der Waals surface area contributed by atoms with E-state index in [-0.39, 0.29) is 5.41 Å². The predicted octanol–water partition coefficient (Wildman–Crippen LogP) is 1.43. The maximum atomic E-state index is 10.3. The maximum absolute atomic E-state index is 10.3. The van der Waals surface area contributed by atoms with Crippen molar-refractivity contribution in [3.8, 4) is 0 Å². The zero-order valence-electron chi connectivity index (χ0n) is 8.41. The van der Waals surface area contributed by atoms with Gasteiger partial charge in [-0.3, -0.25) is 4.68 Å². The summed E-state index contributed by atoms with van der Waals surface area (Å²) in [5.74, 6) is 0. The van der Waals surface area contributed by atoms with Crippen molar-refractivity contribution in [2.24, 2.45) is 12.5 Å². The molecule has 2 rings (SSSR count). The molecule has 1 aromatic rings. The van der Waals surface area contributed by atoms with Crippen LogP contribution in [-0.4, -0.2) is 14.9 Å². The van der Waals surface area contributed by atoms with Crippen molar-refractivity contribution in [2.45, 2.75) is 32.3 Å². The van der Waals surface area contributed by atoms with E-state index in [1.54, 1.807) is 10.9 Å². The molecule has 0 radical (unpaired) electrons. The lowest BCUT2D eigenvalue weighted by Gasteiger charge is -2.29. The van der Waals surface area contributed by atoms with Crippen LogP contribution in [0.5, 0.6) is 0 Å². The van der Waals surface area contributed by atoms with Crippen molar-refractivity contribution < 1.29 is 5.11 Å². The molecule has 1 N–H and O–H groups in total. The first kappa shape index (κ1) is 8.75. The standard InChI is InChI=1S/C10H16N2O/c1-9(4-5-9)10(2,13)8-6-11-12(3)7-8/h6-7,13H,4-5H2,1-3H3.